The number of para-hydroxylation sites is 1. The minimum Gasteiger partial charge on any atom is -0.444 e. The fourth-order valence-electron chi connectivity index (χ4n) is 3.71. The lowest BCUT2D eigenvalue weighted by molar-refractivity contribution is 0.0436. The Bertz CT molecular complexity index is 1160. The number of benzene rings is 2. The number of carbonyl (C=O) groups is 1. The van der Waals surface area contributed by atoms with Gasteiger partial charge in [-0.25, -0.2) is 14.2 Å². The van der Waals surface area contributed by atoms with Crippen molar-refractivity contribution in [1.29, 1.82) is 5.26 Å². The number of esters is 1. The van der Waals surface area contributed by atoms with Crippen LogP contribution in [0.2, 0.25) is 0 Å². The summed E-state index contributed by atoms with van der Waals surface area (Å²) in [6.45, 7) is 1.55. The summed E-state index contributed by atoms with van der Waals surface area (Å²) in [5.74, 6) is -0.783. The third-order valence-corrected chi connectivity index (χ3v) is 5.05. The molecule has 0 N–H and O–H groups in total. The van der Waals surface area contributed by atoms with Crippen molar-refractivity contribution in [3.8, 4) is 6.07 Å². The first kappa shape index (κ1) is 18.8. The molecule has 0 amide bonds. The molecule has 29 heavy (non-hydrogen) atoms. The van der Waals surface area contributed by atoms with E-state index in [1.54, 1.807) is 19.1 Å². The second-order valence-electron chi connectivity index (χ2n) is 7.08. The van der Waals surface area contributed by atoms with Crippen LogP contribution in [0.1, 0.15) is 46.9 Å². The van der Waals surface area contributed by atoms with Crippen LogP contribution < -0.4 is 0 Å². The Kier molecular flexibility index (Phi) is 5.09. The maximum atomic E-state index is 13.2. The number of rotatable bonds is 3. The molecule has 0 fully saturated rings. The van der Waals surface area contributed by atoms with Crippen LogP contribution >= 0.6 is 0 Å². The van der Waals surface area contributed by atoms with Gasteiger partial charge in [-0.15, -0.1) is 0 Å². The molecule has 1 aromatic heterocycles. The van der Waals surface area contributed by atoms with E-state index in [1.807, 2.05) is 36.4 Å². The van der Waals surface area contributed by atoms with Crippen LogP contribution in [-0.4, -0.2) is 17.1 Å². The normalized spacial score (nSPS) is 15.6. The third kappa shape index (κ3) is 3.74. The van der Waals surface area contributed by atoms with E-state index < -0.39 is 12.1 Å². The van der Waals surface area contributed by atoms with Crippen molar-refractivity contribution in [2.75, 3.05) is 0 Å². The van der Waals surface area contributed by atoms with Gasteiger partial charge in [0.1, 0.15) is 11.9 Å². The lowest BCUT2D eigenvalue weighted by Gasteiger charge is -2.22. The molecule has 1 atom stereocenters. The van der Waals surface area contributed by atoms with Crippen molar-refractivity contribution >= 4 is 28.5 Å². The molecule has 1 unspecified atom stereocenters. The highest BCUT2D eigenvalue weighted by atomic mass is 19.1. The molecule has 5 heteroatoms. The predicted octanol–water partition coefficient (Wildman–Crippen LogP) is 5.32. The molecule has 0 bridgehead atoms. The SMILES string of the molecule is CC(C#N)OC(=O)c1c2c(nc3ccccc13)C(=Cc1ccc(F)cc1)CCC2. The van der Waals surface area contributed by atoms with Crippen LogP contribution in [0, 0.1) is 17.1 Å². The molecule has 3 aromatic rings. The Hall–Kier alpha value is -3.52. The van der Waals surface area contributed by atoms with E-state index in [1.165, 1.54) is 12.1 Å². The third-order valence-electron chi connectivity index (χ3n) is 5.05. The number of ether oxygens (including phenoxy) is 1. The van der Waals surface area contributed by atoms with Crippen LogP contribution in [0.5, 0.6) is 0 Å². The van der Waals surface area contributed by atoms with E-state index in [0.29, 0.717) is 17.5 Å². The van der Waals surface area contributed by atoms with E-state index in [2.05, 4.69) is 0 Å². The molecule has 4 rings (SSSR count). The predicted molar refractivity (Wildman–Crippen MR) is 109 cm³/mol. The fourth-order valence-corrected chi connectivity index (χ4v) is 3.71. The number of nitriles is 1. The van der Waals surface area contributed by atoms with E-state index in [4.69, 9.17) is 15.0 Å². The van der Waals surface area contributed by atoms with Gasteiger partial charge in [0, 0.05) is 5.39 Å². The van der Waals surface area contributed by atoms with E-state index >= 15 is 0 Å². The van der Waals surface area contributed by atoms with Gasteiger partial charge in [-0.2, -0.15) is 5.26 Å². The van der Waals surface area contributed by atoms with Crippen molar-refractivity contribution in [2.45, 2.75) is 32.3 Å². The largest absolute Gasteiger partial charge is 0.444 e. The summed E-state index contributed by atoms with van der Waals surface area (Å²) in [7, 11) is 0. The highest BCUT2D eigenvalue weighted by Crippen LogP contribution is 2.36. The Morgan fingerprint density at radius 2 is 1.97 bits per heavy atom. The van der Waals surface area contributed by atoms with Gasteiger partial charge in [0.2, 0.25) is 0 Å². The monoisotopic (exact) mass is 386 g/mol. The first-order valence-electron chi connectivity index (χ1n) is 9.55. The number of halogens is 1. The summed E-state index contributed by atoms with van der Waals surface area (Å²) in [6.07, 6.45) is 3.56. The number of hydrogen-bond donors (Lipinski definition) is 0. The highest BCUT2D eigenvalue weighted by molar-refractivity contribution is 6.06. The summed E-state index contributed by atoms with van der Waals surface area (Å²) in [5.41, 5.74) is 4.69. The zero-order valence-electron chi connectivity index (χ0n) is 16.0. The van der Waals surface area contributed by atoms with Crippen LogP contribution in [-0.2, 0) is 11.2 Å². The van der Waals surface area contributed by atoms with Gasteiger partial charge in [-0.3, -0.25) is 0 Å². The summed E-state index contributed by atoms with van der Waals surface area (Å²) < 4.78 is 18.6. The van der Waals surface area contributed by atoms with Gasteiger partial charge in [0.05, 0.1) is 16.8 Å². The van der Waals surface area contributed by atoms with Gasteiger partial charge in [0.15, 0.2) is 6.10 Å². The molecule has 0 radical (unpaired) electrons. The number of fused-ring (bicyclic) bond motifs is 2. The maximum absolute atomic E-state index is 13.2. The van der Waals surface area contributed by atoms with Crippen LogP contribution in [0.3, 0.4) is 0 Å². The Morgan fingerprint density at radius 3 is 2.72 bits per heavy atom. The molecule has 1 aliphatic carbocycles. The number of aromatic nitrogens is 1. The molecule has 0 saturated carbocycles. The molecule has 0 spiro atoms. The number of nitrogens with zero attached hydrogens (tertiary/aromatic N) is 2. The molecule has 144 valence electrons. The van der Waals surface area contributed by atoms with Gasteiger partial charge in [0.25, 0.3) is 0 Å². The van der Waals surface area contributed by atoms with Crippen molar-refractivity contribution in [1.82, 2.24) is 4.98 Å². The van der Waals surface area contributed by atoms with E-state index in [-0.39, 0.29) is 5.82 Å². The Balaban J connectivity index is 1.89. The minimum absolute atomic E-state index is 0.281. The van der Waals surface area contributed by atoms with Gasteiger partial charge >= 0.3 is 5.97 Å². The lowest BCUT2D eigenvalue weighted by atomic mass is 9.86. The molecular formula is C24H19FN2O2. The minimum atomic E-state index is -0.831. The number of allylic oxidation sites excluding steroid dienone is 1. The fraction of sp³-hybridized carbons (Fsp3) is 0.208. The quantitative estimate of drug-likeness (QED) is 0.572. The standard InChI is InChI=1S/C24H19FN2O2/c1-15(14-26)29-24(28)22-19-6-2-3-8-21(19)27-23-17(5-4-7-20(22)23)13-16-9-11-18(25)12-10-16/h2-3,6,8-13,15H,4-5,7H2,1H3. The Labute approximate surface area is 168 Å². The average molecular weight is 386 g/mol. The number of hydrogen-bond acceptors (Lipinski definition) is 4. The molecule has 4 nitrogen and oxygen atoms in total. The first-order valence-corrected chi connectivity index (χ1v) is 9.55. The first-order chi connectivity index (χ1) is 14.1. The molecule has 2 aromatic carbocycles. The summed E-state index contributed by atoms with van der Waals surface area (Å²) >= 11 is 0. The second kappa shape index (κ2) is 7.84. The zero-order valence-corrected chi connectivity index (χ0v) is 16.0. The van der Waals surface area contributed by atoms with Crippen molar-refractivity contribution in [3.63, 3.8) is 0 Å². The maximum Gasteiger partial charge on any atom is 0.340 e. The van der Waals surface area contributed by atoms with Crippen molar-refractivity contribution in [3.05, 3.63) is 76.7 Å². The smallest absolute Gasteiger partial charge is 0.340 e. The molecule has 1 aliphatic rings. The van der Waals surface area contributed by atoms with Gasteiger partial charge in [-0.05, 0) is 67.2 Å². The average Bonchev–Trinajstić information content (AvgIpc) is 2.73. The number of pyridine rings is 1. The van der Waals surface area contributed by atoms with Crippen LogP contribution in [0.4, 0.5) is 4.39 Å². The zero-order chi connectivity index (χ0) is 20.4. The van der Waals surface area contributed by atoms with Crippen molar-refractivity contribution in [2.24, 2.45) is 0 Å². The van der Waals surface area contributed by atoms with Gasteiger partial charge in [-0.1, -0.05) is 30.3 Å². The van der Waals surface area contributed by atoms with E-state index in [9.17, 15) is 9.18 Å². The van der Waals surface area contributed by atoms with Crippen molar-refractivity contribution < 1.29 is 13.9 Å². The molecule has 0 saturated heterocycles. The second-order valence-corrected chi connectivity index (χ2v) is 7.08. The summed E-state index contributed by atoms with van der Waals surface area (Å²) in [5, 5.41) is 9.76. The molecular weight excluding hydrogens is 367 g/mol. The molecule has 0 aliphatic heterocycles. The number of carbonyl (C=O) groups excluding carboxylic acids is 1. The molecule has 1 heterocycles. The van der Waals surface area contributed by atoms with Gasteiger partial charge < -0.3 is 4.74 Å². The summed E-state index contributed by atoms with van der Waals surface area (Å²) in [6, 6.07) is 15.7. The highest BCUT2D eigenvalue weighted by Gasteiger charge is 2.26. The summed E-state index contributed by atoms with van der Waals surface area (Å²) in [4.78, 5) is 17.8. The topological polar surface area (TPSA) is 63.0 Å². The van der Waals surface area contributed by atoms with Crippen LogP contribution in [0.25, 0.3) is 22.6 Å². The van der Waals surface area contributed by atoms with Crippen LogP contribution in [0.15, 0.2) is 48.5 Å². The van der Waals surface area contributed by atoms with E-state index in [0.717, 1.165) is 40.6 Å². The lowest BCUT2D eigenvalue weighted by Crippen LogP contribution is -2.18. The Morgan fingerprint density at radius 1 is 1.21 bits per heavy atom.